The monoisotopic (exact) mass is 415 g/mol. The maximum absolute atomic E-state index is 12.4. The van der Waals surface area contributed by atoms with E-state index in [1.54, 1.807) is 12.3 Å². The predicted octanol–water partition coefficient (Wildman–Crippen LogP) is -0.915. The van der Waals surface area contributed by atoms with Gasteiger partial charge in [-0.3, -0.25) is 9.78 Å². The first kappa shape index (κ1) is 23.5. The van der Waals surface area contributed by atoms with E-state index in [0.29, 0.717) is 16.8 Å². The molecule has 1 atom stereocenters. The van der Waals surface area contributed by atoms with E-state index in [0.717, 1.165) is 11.3 Å². The van der Waals surface area contributed by atoms with E-state index in [-0.39, 0.29) is 69.9 Å². The number of aromatic nitrogens is 1. The van der Waals surface area contributed by atoms with Crippen molar-refractivity contribution < 1.29 is 65.9 Å². The van der Waals surface area contributed by atoms with Gasteiger partial charge in [0, 0.05) is 24.1 Å². The summed E-state index contributed by atoms with van der Waals surface area (Å²) in [5.74, 6) is -0.277. The molecule has 2 heterocycles. The number of nitrogens with zero attached hydrogens (tertiary/aromatic N) is 3. The van der Waals surface area contributed by atoms with Gasteiger partial charge in [0.05, 0.1) is 30.6 Å². The number of aliphatic hydroxyl groups excluding tert-OH is 1. The maximum Gasteiger partial charge on any atom is 1.00 e. The molecule has 1 aliphatic rings. The van der Waals surface area contributed by atoms with E-state index in [1.165, 1.54) is 12.4 Å². The number of benzene rings is 1. The van der Waals surface area contributed by atoms with Gasteiger partial charge in [-0.05, 0) is 36.2 Å². The average Bonchev–Trinajstić information content (AvgIpc) is 2.69. The predicted molar refractivity (Wildman–Crippen MR) is 108 cm³/mol. The minimum Gasteiger partial charge on any atom is -0.560 e. The second kappa shape index (κ2) is 11.4. The summed E-state index contributed by atoms with van der Waals surface area (Å²) in [7, 11) is 1.94. The Labute approximate surface area is 213 Å². The van der Waals surface area contributed by atoms with Crippen molar-refractivity contribution in [3.8, 4) is 0 Å². The fourth-order valence-corrected chi connectivity index (χ4v) is 2.61. The van der Waals surface area contributed by atoms with Crippen molar-refractivity contribution in [3.05, 3.63) is 78.4 Å². The third-order valence-electron chi connectivity index (χ3n) is 4.13. The Bertz CT molecular complexity index is 956. The molecule has 144 valence electrons. The van der Waals surface area contributed by atoms with Crippen LogP contribution in [0.2, 0.25) is 0 Å². The number of rotatable bonds is 7. The standard InChI is InChI=1S/C21H22N5O2.K/c1-15(23-6-7-24-20-12-26(2)13-20)17-4-3-5-19(9-17)25-21(28)18-8-16(14-27)10-22-11-18;/h3-5,7-13,15,23,27H,14H2,1-2H3,(H,25,28);/q-1;+1. The van der Waals surface area contributed by atoms with Crippen molar-refractivity contribution in [2.45, 2.75) is 19.6 Å². The van der Waals surface area contributed by atoms with Crippen LogP contribution in [-0.2, 0) is 6.61 Å². The van der Waals surface area contributed by atoms with Crippen molar-refractivity contribution in [1.29, 1.82) is 0 Å². The van der Waals surface area contributed by atoms with E-state index in [1.807, 2.05) is 55.6 Å². The van der Waals surface area contributed by atoms with Crippen LogP contribution in [0.5, 0.6) is 0 Å². The zero-order valence-corrected chi connectivity index (χ0v) is 19.9. The third-order valence-corrected chi connectivity index (χ3v) is 4.13. The molecule has 1 aromatic heterocycles. The summed E-state index contributed by atoms with van der Waals surface area (Å²) in [4.78, 5) is 20.6. The molecule has 1 amide bonds. The molecule has 0 spiro atoms. The minimum absolute atomic E-state index is 0. The molecule has 0 bridgehead atoms. The Morgan fingerprint density at radius 2 is 2.21 bits per heavy atom. The molecule has 8 heteroatoms. The van der Waals surface area contributed by atoms with Crippen LogP contribution in [0.1, 0.15) is 34.5 Å². The number of amides is 1. The summed E-state index contributed by atoms with van der Waals surface area (Å²) in [5, 5.41) is 15.2. The number of pyridine rings is 1. The third kappa shape index (κ3) is 6.88. The summed E-state index contributed by atoms with van der Waals surface area (Å²) in [5.41, 5.74) is 3.56. The quantitative estimate of drug-likeness (QED) is 0.236. The number of carbonyl (C=O) groups is 1. The number of hydrogen-bond acceptors (Lipinski definition) is 5. The molecular weight excluding hydrogens is 393 g/mol. The SMILES string of the molecule is CC(N[C-]=CN=C1C=[N+](C)[CH-]1)c1cccc(NC(=O)c2cncc(CO)c2)c1.[K+]. The van der Waals surface area contributed by atoms with Crippen LogP contribution in [0.3, 0.4) is 0 Å². The molecule has 1 aliphatic heterocycles. The number of carbonyl (C=O) groups excluding carboxylic acids is 1. The second-order valence-corrected chi connectivity index (χ2v) is 6.44. The summed E-state index contributed by atoms with van der Waals surface area (Å²) in [6, 6.07) is 9.17. The van der Waals surface area contributed by atoms with Crippen LogP contribution in [0.15, 0.2) is 53.9 Å². The fourth-order valence-electron chi connectivity index (χ4n) is 2.61. The van der Waals surface area contributed by atoms with Gasteiger partial charge < -0.3 is 31.5 Å². The summed E-state index contributed by atoms with van der Waals surface area (Å²) < 4.78 is 1.93. The van der Waals surface area contributed by atoms with Crippen LogP contribution < -0.4 is 62.0 Å². The van der Waals surface area contributed by atoms with E-state index < -0.39 is 0 Å². The van der Waals surface area contributed by atoms with Gasteiger partial charge in [0.25, 0.3) is 5.91 Å². The summed E-state index contributed by atoms with van der Waals surface area (Å²) in [6.07, 6.45) is 9.47. The molecular formula is C21H22KN5O2. The number of hydrogen-bond donors (Lipinski definition) is 3. The number of anilines is 1. The van der Waals surface area contributed by atoms with Gasteiger partial charge in [-0.15, -0.1) is 6.20 Å². The van der Waals surface area contributed by atoms with E-state index >= 15 is 0 Å². The van der Waals surface area contributed by atoms with Crippen molar-refractivity contribution in [2.24, 2.45) is 4.99 Å². The van der Waals surface area contributed by atoms with Crippen molar-refractivity contribution in [3.63, 3.8) is 0 Å². The molecule has 2 aromatic rings. The Hall–Kier alpha value is -1.81. The maximum atomic E-state index is 12.4. The van der Waals surface area contributed by atoms with Gasteiger partial charge in [0.15, 0.2) is 0 Å². The zero-order valence-electron chi connectivity index (χ0n) is 16.8. The van der Waals surface area contributed by atoms with Crippen LogP contribution in [0, 0.1) is 12.7 Å². The van der Waals surface area contributed by atoms with Crippen molar-refractivity contribution >= 4 is 23.5 Å². The zero-order chi connectivity index (χ0) is 19.9. The summed E-state index contributed by atoms with van der Waals surface area (Å²) in [6.45, 7) is 3.76. The molecule has 29 heavy (non-hydrogen) atoms. The Balaban J connectivity index is 0.00000300. The molecule has 1 aromatic carbocycles. The smallest absolute Gasteiger partial charge is 0.560 e. The Kier molecular flexibility index (Phi) is 9.22. The molecule has 0 aliphatic carbocycles. The van der Waals surface area contributed by atoms with Gasteiger partial charge >= 0.3 is 51.4 Å². The number of aliphatic hydroxyl groups is 1. The molecule has 0 radical (unpaired) electrons. The van der Waals surface area contributed by atoms with Crippen LogP contribution in [0.25, 0.3) is 0 Å². The van der Waals surface area contributed by atoms with E-state index in [4.69, 9.17) is 0 Å². The van der Waals surface area contributed by atoms with Gasteiger partial charge in [-0.25, -0.2) is 0 Å². The molecule has 0 saturated carbocycles. The first-order valence-electron chi connectivity index (χ1n) is 8.83. The summed E-state index contributed by atoms with van der Waals surface area (Å²) >= 11 is 0. The van der Waals surface area contributed by atoms with Crippen LogP contribution in [-0.4, -0.2) is 39.5 Å². The topological polar surface area (TPSA) is 89.6 Å². The van der Waals surface area contributed by atoms with Gasteiger partial charge in [-0.1, -0.05) is 12.1 Å². The number of aliphatic imine (C=N–C) groups is 1. The van der Waals surface area contributed by atoms with Crippen molar-refractivity contribution in [2.75, 3.05) is 12.4 Å². The fraction of sp³-hybridized carbons (Fsp3) is 0.190. The van der Waals surface area contributed by atoms with Crippen LogP contribution >= 0.6 is 0 Å². The van der Waals surface area contributed by atoms with Gasteiger partial charge in [0.2, 0.25) is 0 Å². The van der Waals surface area contributed by atoms with E-state index in [9.17, 15) is 9.90 Å². The minimum atomic E-state index is -0.277. The molecule has 0 saturated heterocycles. The van der Waals surface area contributed by atoms with Gasteiger partial charge in [0.1, 0.15) is 7.05 Å². The molecule has 3 N–H and O–H groups in total. The first-order chi connectivity index (χ1) is 13.5. The molecule has 0 fully saturated rings. The normalized spacial score (nSPS) is 15.0. The average molecular weight is 416 g/mol. The number of nitrogens with one attached hydrogen (secondary N) is 2. The van der Waals surface area contributed by atoms with Crippen molar-refractivity contribution in [1.82, 2.24) is 10.3 Å². The molecule has 1 unspecified atom stereocenters. The van der Waals surface area contributed by atoms with Crippen LogP contribution in [0.4, 0.5) is 5.69 Å². The Morgan fingerprint density at radius 1 is 1.41 bits per heavy atom. The Morgan fingerprint density at radius 3 is 2.93 bits per heavy atom. The van der Waals surface area contributed by atoms with Gasteiger partial charge in [-0.2, -0.15) is 0 Å². The largest absolute Gasteiger partial charge is 1.00 e. The van der Waals surface area contributed by atoms with E-state index in [2.05, 4.69) is 26.8 Å². The molecule has 7 nitrogen and oxygen atoms in total. The molecule has 3 rings (SSSR count). The first-order valence-corrected chi connectivity index (χ1v) is 8.83. The second-order valence-electron chi connectivity index (χ2n) is 6.44.